The van der Waals surface area contributed by atoms with Crippen molar-refractivity contribution < 1.29 is 9.59 Å². The molecule has 0 aromatic carbocycles. The van der Waals surface area contributed by atoms with E-state index in [0.29, 0.717) is 18.3 Å². The van der Waals surface area contributed by atoms with Gasteiger partial charge in [0.15, 0.2) is 5.78 Å². The van der Waals surface area contributed by atoms with Gasteiger partial charge in [-0.1, -0.05) is 53.5 Å². The van der Waals surface area contributed by atoms with E-state index < -0.39 is 5.92 Å². The molecule has 0 aliphatic carbocycles. The molecule has 0 aliphatic rings. The van der Waals surface area contributed by atoms with E-state index in [1.165, 1.54) is 19.3 Å². The second-order valence-electron chi connectivity index (χ2n) is 7.20. The van der Waals surface area contributed by atoms with Crippen molar-refractivity contribution in [3.63, 3.8) is 0 Å². The fourth-order valence-corrected chi connectivity index (χ4v) is 3.40. The summed E-state index contributed by atoms with van der Waals surface area (Å²) in [5.41, 5.74) is 0.746. The lowest BCUT2D eigenvalue weighted by atomic mass is 9.86. The normalized spacial score (nSPS) is 17.7. The molecule has 0 saturated carbocycles. The fraction of sp³-hybridized carbons (Fsp3) is 0.800. The first kappa shape index (κ1) is 21.1. The van der Waals surface area contributed by atoms with Crippen molar-refractivity contribution in [1.82, 2.24) is 0 Å². The molecular weight excluding hydrogens is 272 g/mol. The number of carbonyl (C=O) groups excluding carboxylic acids is 2. The van der Waals surface area contributed by atoms with Crippen molar-refractivity contribution in [2.45, 2.75) is 80.6 Å². The minimum atomic E-state index is -0.490. The highest BCUT2D eigenvalue weighted by Crippen LogP contribution is 2.24. The quantitative estimate of drug-likeness (QED) is 0.367. The number of hydrogen-bond donors (Lipinski definition) is 0. The molecule has 0 bridgehead atoms. The number of ketones is 2. The molecule has 0 saturated heterocycles. The highest BCUT2D eigenvalue weighted by atomic mass is 16.1. The number of allylic oxidation sites excluding steroid dienone is 2. The highest BCUT2D eigenvalue weighted by molar-refractivity contribution is 6.09. The van der Waals surface area contributed by atoms with Gasteiger partial charge in [0, 0.05) is 6.42 Å². The van der Waals surface area contributed by atoms with Crippen LogP contribution < -0.4 is 0 Å². The Bertz CT molecular complexity index is 381. The molecular formula is C20H36O2. The zero-order valence-corrected chi connectivity index (χ0v) is 15.7. The first-order valence-corrected chi connectivity index (χ1v) is 8.98. The van der Waals surface area contributed by atoms with Crippen LogP contribution in [-0.4, -0.2) is 11.6 Å². The molecule has 22 heavy (non-hydrogen) atoms. The van der Waals surface area contributed by atoms with Crippen LogP contribution in [0.4, 0.5) is 0 Å². The van der Waals surface area contributed by atoms with Gasteiger partial charge in [-0.25, -0.2) is 0 Å². The number of carbonyl (C=O) groups is 2. The van der Waals surface area contributed by atoms with Gasteiger partial charge in [-0.05, 0) is 50.0 Å². The molecule has 0 radical (unpaired) electrons. The van der Waals surface area contributed by atoms with Gasteiger partial charge < -0.3 is 0 Å². The van der Waals surface area contributed by atoms with E-state index in [1.54, 1.807) is 6.92 Å². The smallest absolute Gasteiger partial charge is 0.168 e. The molecule has 0 rings (SSSR count). The van der Waals surface area contributed by atoms with Crippen molar-refractivity contribution in [3.8, 4) is 0 Å². The first-order valence-electron chi connectivity index (χ1n) is 8.98. The number of Topliss-reactive ketones (excluding diaryl/α,β-unsaturated/α-hetero) is 2. The van der Waals surface area contributed by atoms with Crippen molar-refractivity contribution in [1.29, 1.82) is 0 Å². The Balaban J connectivity index is 4.51. The molecule has 2 nitrogen and oxygen atoms in total. The molecule has 0 amide bonds. The summed E-state index contributed by atoms with van der Waals surface area (Å²) in [7, 11) is 0. The van der Waals surface area contributed by atoms with E-state index in [-0.39, 0.29) is 11.6 Å². The molecule has 0 fully saturated rings. The zero-order valence-electron chi connectivity index (χ0n) is 15.7. The molecule has 128 valence electrons. The maximum absolute atomic E-state index is 12.2. The van der Waals surface area contributed by atoms with E-state index >= 15 is 0 Å². The van der Waals surface area contributed by atoms with Gasteiger partial charge in [0.05, 0.1) is 5.92 Å². The van der Waals surface area contributed by atoms with Crippen molar-refractivity contribution in [3.05, 3.63) is 11.6 Å². The maximum atomic E-state index is 12.2. The van der Waals surface area contributed by atoms with Gasteiger partial charge in [0.25, 0.3) is 0 Å². The second-order valence-corrected chi connectivity index (χ2v) is 7.20. The first-order chi connectivity index (χ1) is 10.2. The average Bonchev–Trinajstić information content (AvgIpc) is 2.44. The largest absolute Gasteiger partial charge is 0.299 e. The predicted octanol–water partition coefficient (Wildman–Crippen LogP) is 5.61. The third kappa shape index (κ3) is 7.91. The van der Waals surface area contributed by atoms with Gasteiger partial charge in [-0.3, -0.25) is 9.59 Å². The Morgan fingerprint density at radius 3 is 2.05 bits per heavy atom. The minimum Gasteiger partial charge on any atom is -0.299 e. The predicted molar refractivity (Wildman–Crippen MR) is 94.9 cm³/mol. The van der Waals surface area contributed by atoms with Crippen LogP contribution >= 0.6 is 0 Å². The Morgan fingerprint density at radius 1 is 0.955 bits per heavy atom. The maximum Gasteiger partial charge on any atom is 0.168 e. The van der Waals surface area contributed by atoms with Gasteiger partial charge >= 0.3 is 0 Å². The standard InChI is InChI=1S/C20H36O2/c1-8-10-14(3)11-15(4)12-16(5)13-17(6)20(22)18(7)19(21)9-2/h13-16,18H,8-12H2,1-7H3/b17-13+/t14?,15?,16?,18-/m0/s1. The summed E-state index contributed by atoms with van der Waals surface area (Å²) in [5, 5.41) is 0. The SMILES string of the molecule is CCCC(C)CC(C)CC(C)/C=C(\C)C(=O)[C@@H](C)C(=O)CC. The van der Waals surface area contributed by atoms with Crippen molar-refractivity contribution >= 4 is 11.6 Å². The summed E-state index contributed by atoms with van der Waals surface area (Å²) in [6, 6.07) is 0. The van der Waals surface area contributed by atoms with E-state index in [2.05, 4.69) is 33.8 Å². The van der Waals surface area contributed by atoms with Crippen LogP contribution in [0.25, 0.3) is 0 Å². The molecule has 0 heterocycles. The van der Waals surface area contributed by atoms with E-state index in [0.717, 1.165) is 17.9 Å². The summed E-state index contributed by atoms with van der Waals surface area (Å²) >= 11 is 0. The molecule has 4 atom stereocenters. The van der Waals surface area contributed by atoms with E-state index in [4.69, 9.17) is 0 Å². The molecule has 0 N–H and O–H groups in total. The molecule has 0 aliphatic heterocycles. The summed E-state index contributed by atoms with van der Waals surface area (Å²) in [6.45, 7) is 14.4. The third-order valence-electron chi connectivity index (χ3n) is 4.51. The van der Waals surface area contributed by atoms with Crippen molar-refractivity contribution in [2.75, 3.05) is 0 Å². The van der Waals surface area contributed by atoms with Crippen LogP contribution in [0.2, 0.25) is 0 Å². The summed E-state index contributed by atoms with van der Waals surface area (Å²) in [4.78, 5) is 23.9. The molecule has 2 heteroatoms. The van der Waals surface area contributed by atoms with Crippen LogP contribution in [0.1, 0.15) is 80.6 Å². The summed E-state index contributed by atoms with van der Waals surface area (Å²) in [6.07, 6.45) is 7.40. The lowest BCUT2D eigenvalue weighted by molar-refractivity contribution is -0.129. The fourth-order valence-electron chi connectivity index (χ4n) is 3.40. The third-order valence-corrected chi connectivity index (χ3v) is 4.51. The van der Waals surface area contributed by atoms with Gasteiger partial charge in [0.1, 0.15) is 5.78 Å². The molecule has 0 aromatic rings. The Kier molecular flexibility index (Phi) is 10.3. The topological polar surface area (TPSA) is 34.1 Å². The van der Waals surface area contributed by atoms with Gasteiger partial charge in [0.2, 0.25) is 0 Å². The van der Waals surface area contributed by atoms with E-state index in [1.807, 2.05) is 13.8 Å². The van der Waals surface area contributed by atoms with Crippen LogP contribution in [0.15, 0.2) is 11.6 Å². The van der Waals surface area contributed by atoms with Crippen LogP contribution in [0, 0.1) is 23.7 Å². The second kappa shape index (κ2) is 10.7. The lowest BCUT2D eigenvalue weighted by Crippen LogP contribution is -2.21. The Hall–Kier alpha value is -0.920. The monoisotopic (exact) mass is 308 g/mol. The van der Waals surface area contributed by atoms with Gasteiger partial charge in [-0.2, -0.15) is 0 Å². The Morgan fingerprint density at radius 2 is 1.55 bits per heavy atom. The Labute approximate surface area is 137 Å². The average molecular weight is 309 g/mol. The number of rotatable bonds is 11. The zero-order chi connectivity index (χ0) is 17.3. The van der Waals surface area contributed by atoms with Crippen LogP contribution in [0.3, 0.4) is 0 Å². The van der Waals surface area contributed by atoms with E-state index in [9.17, 15) is 9.59 Å². The van der Waals surface area contributed by atoms with Gasteiger partial charge in [-0.15, -0.1) is 0 Å². The molecule has 0 aromatic heterocycles. The highest BCUT2D eigenvalue weighted by Gasteiger charge is 2.21. The summed E-state index contributed by atoms with van der Waals surface area (Å²) in [5.74, 6) is 1.37. The van der Waals surface area contributed by atoms with Crippen LogP contribution in [0.5, 0.6) is 0 Å². The van der Waals surface area contributed by atoms with Crippen LogP contribution in [-0.2, 0) is 9.59 Å². The molecule has 3 unspecified atom stereocenters. The minimum absolute atomic E-state index is 0.00861. The summed E-state index contributed by atoms with van der Waals surface area (Å²) < 4.78 is 0. The number of hydrogen-bond acceptors (Lipinski definition) is 2. The lowest BCUT2D eigenvalue weighted by Gasteiger charge is -2.19. The molecule has 0 spiro atoms. The van der Waals surface area contributed by atoms with Crippen molar-refractivity contribution in [2.24, 2.45) is 23.7 Å².